The van der Waals surface area contributed by atoms with Gasteiger partial charge in [0.2, 0.25) is 0 Å². The second kappa shape index (κ2) is 11.8. The standard InChI is InChI=1S/C22H34N6OS/c1-4-23-21(25-16-17-9-7-12-19(15-17)29-2)24-14-8-13-20-26-27-22(30-3)28(20)18-10-5-6-11-18/h7,9,12,15,18H,4-6,8,10-11,13-14,16H2,1-3H3,(H2,23,24,25). The van der Waals surface area contributed by atoms with Crippen LogP contribution in [0.3, 0.4) is 0 Å². The van der Waals surface area contributed by atoms with Crippen LogP contribution in [0.2, 0.25) is 0 Å². The summed E-state index contributed by atoms with van der Waals surface area (Å²) < 4.78 is 7.68. The summed E-state index contributed by atoms with van der Waals surface area (Å²) in [4.78, 5) is 4.70. The molecule has 2 aromatic rings. The number of hydrogen-bond donors (Lipinski definition) is 2. The quantitative estimate of drug-likeness (QED) is 0.258. The molecule has 164 valence electrons. The van der Waals surface area contributed by atoms with Crippen LogP contribution < -0.4 is 15.4 Å². The van der Waals surface area contributed by atoms with Gasteiger partial charge in [0.15, 0.2) is 11.1 Å². The molecule has 1 fully saturated rings. The first-order valence-electron chi connectivity index (χ1n) is 10.9. The molecule has 0 spiro atoms. The molecular weight excluding hydrogens is 396 g/mol. The van der Waals surface area contributed by atoms with Crippen molar-refractivity contribution in [1.29, 1.82) is 0 Å². The number of aryl methyl sites for hydroxylation is 1. The van der Waals surface area contributed by atoms with Gasteiger partial charge in [-0.15, -0.1) is 10.2 Å². The number of aromatic nitrogens is 3. The zero-order valence-electron chi connectivity index (χ0n) is 18.4. The number of benzene rings is 1. The number of ether oxygens (including phenoxy) is 1. The SMILES string of the molecule is CCNC(=NCc1cccc(OC)c1)NCCCc1nnc(SC)n1C1CCCC1. The highest BCUT2D eigenvalue weighted by Gasteiger charge is 2.23. The van der Waals surface area contributed by atoms with Gasteiger partial charge in [0.05, 0.1) is 13.7 Å². The molecule has 7 nitrogen and oxygen atoms in total. The van der Waals surface area contributed by atoms with E-state index in [4.69, 9.17) is 9.73 Å². The monoisotopic (exact) mass is 430 g/mol. The molecule has 1 heterocycles. The van der Waals surface area contributed by atoms with Crippen LogP contribution >= 0.6 is 11.8 Å². The van der Waals surface area contributed by atoms with Gasteiger partial charge in [-0.25, -0.2) is 4.99 Å². The molecule has 8 heteroatoms. The van der Waals surface area contributed by atoms with Crippen LogP contribution in [-0.2, 0) is 13.0 Å². The van der Waals surface area contributed by atoms with Gasteiger partial charge in [-0.05, 0) is 50.1 Å². The number of thioether (sulfide) groups is 1. The lowest BCUT2D eigenvalue weighted by atomic mass is 10.2. The van der Waals surface area contributed by atoms with Gasteiger partial charge >= 0.3 is 0 Å². The molecular formula is C22H34N6OS. The highest BCUT2D eigenvalue weighted by atomic mass is 32.2. The van der Waals surface area contributed by atoms with E-state index in [0.29, 0.717) is 12.6 Å². The lowest BCUT2D eigenvalue weighted by Crippen LogP contribution is -2.37. The Hall–Kier alpha value is -2.22. The fourth-order valence-electron chi connectivity index (χ4n) is 3.88. The van der Waals surface area contributed by atoms with Crippen molar-refractivity contribution in [2.45, 2.75) is 63.2 Å². The summed E-state index contributed by atoms with van der Waals surface area (Å²) in [5, 5.41) is 16.7. The molecule has 1 saturated carbocycles. The molecule has 3 rings (SSSR count). The Morgan fingerprint density at radius 1 is 1.27 bits per heavy atom. The van der Waals surface area contributed by atoms with Crippen molar-refractivity contribution >= 4 is 17.7 Å². The molecule has 1 aromatic carbocycles. The lowest BCUT2D eigenvalue weighted by molar-refractivity contribution is 0.414. The van der Waals surface area contributed by atoms with Crippen molar-refractivity contribution in [1.82, 2.24) is 25.4 Å². The molecule has 0 saturated heterocycles. The van der Waals surface area contributed by atoms with E-state index in [0.717, 1.165) is 54.2 Å². The van der Waals surface area contributed by atoms with Gasteiger partial charge in [0.1, 0.15) is 11.6 Å². The first kappa shape index (κ1) is 22.5. The van der Waals surface area contributed by atoms with Crippen molar-refractivity contribution in [3.05, 3.63) is 35.7 Å². The van der Waals surface area contributed by atoms with Crippen LogP contribution in [0, 0.1) is 0 Å². The second-order valence-electron chi connectivity index (χ2n) is 7.49. The third-order valence-corrected chi connectivity index (χ3v) is 6.02. The summed E-state index contributed by atoms with van der Waals surface area (Å²) in [7, 11) is 1.68. The number of rotatable bonds is 10. The minimum Gasteiger partial charge on any atom is -0.497 e. The van der Waals surface area contributed by atoms with E-state index >= 15 is 0 Å². The number of aliphatic imine (C=N–C) groups is 1. The van der Waals surface area contributed by atoms with Gasteiger partial charge in [0.25, 0.3) is 0 Å². The van der Waals surface area contributed by atoms with Crippen LogP contribution in [0.25, 0.3) is 0 Å². The van der Waals surface area contributed by atoms with Crippen LogP contribution in [0.5, 0.6) is 5.75 Å². The van der Waals surface area contributed by atoms with Crippen molar-refractivity contribution in [3.8, 4) is 5.75 Å². The maximum absolute atomic E-state index is 5.29. The fraction of sp³-hybridized carbons (Fsp3) is 0.591. The van der Waals surface area contributed by atoms with E-state index in [1.165, 1.54) is 25.7 Å². The molecule has 0 unspecified atom stereocenters. The van der Waals surface area contributed by atoms with Crippen molar-refractivity contribution in [2.75, 3.05) is 26.5 Å². The number of nitrogens with zero attached hydrogens (tertiary/aromatic N) is 4. The van der Waals surface area contributed by atoms with Gasteiger partial charge < -0.3 is 19.9 Å². The third kappa shape index (κ3) is 6.14. The first-order chi connectivity index (χ1) is 14.7. The highest BCUT2D eigenvalue weighted by molar-refractivity contribution is 7.98. The normalized spacial score (nSPS) is 14.8. The molecule has 0 atom stereocenters. The van der Waals surface area contributed by atoms with E-state index in [-0.39, 0.29) is 0 Å². The number of guanidine groups is 1. The average molecular weight is 431 g/mol. The van der Waals surface area contributed by atoms with Gasteiger partial charge in [-0.3, -0.25) is 0 Å². The minimum atomic E-state index is 0.576. The Morgan fingerprint density at radius 3 is 2.83 bits per heavy atom. The minimum absolute atomic E-state index is 0.576. The Labute approximate surface area is 184 Å². The largest absolute Gasteiger partial charge is 0.497 e. The number of methoxy groups -OCH3 is 1. The van der Waals surface area contributed by atoms with E-state index in [9.17, 15) is 0 Å². The maximum Gasteiger partial charge on any atom is 0.191 e. The summed E-state index contributed by atoms with van der Waals surface area (Å²) in [6, 6.07) is 8.60. The van der Waals surface area contributed by atoms with Gasteiger partial charge in [0, 0.05) is 25.6 Å². The smallest absolute Gasteiger partial charge is 0.191 e. The molecule has 30 heavy (non-hydrogen) atoms. The molecule has 0 aliphatic heterocycles. The van der Waals surface area contributed by atoms with Crippen molar-refractivity contribution in [3.63, 3.8) is 0 Å². The van der Waals surface area contributed by atoms with E-state index < -0.39 is 0 Å². The first-order valence-corrected chi connectivity index (χ1v) is 12.1. The summed E-state index contributed by atoms with van der Waals surface area (Å²) in [6.07, 6.45) is 9.12. The molecule has 0 radical (unpaired) electrons. The van der Waals surface area contributed by atoms with E-state index in [2.05, 4.69) is 44.6 Å². The van der Waals surface area contributed by atoms with Gasteiger partial charge in [-0.1, -0.05) is 36.7 Å². The molecule has 0 bridgehead atoms. The van der Waals surface area contributed by atoms with Crippen LogP contribution in [0.1, 0.15) is 56.5 Å². The summed E-state index contributed by atoms with van der Waals surface area (Å²) in [5.41, 5.74) is 1.13. The zero-order chi connectivity index (χ0) is 21.2. The third-order valence-electron chi connectivity index (χ3n) is 5.38. The van der Waals surface area contributed by atoms with E-state index in [1.807, 2.05) is 18.2 Å². The number of hydrogen-bond acceptors (Lipinski definition) is 5. The second-order valence-corrected chi connectivity index (χ2v) is 8.26. The Morgan fingerprint density at radius 2 is 2.10 bits per heavy atom. The fourth-order valence-corrected chi connectivity index (χ4v) is 4.46. The zero-order valence-corrected chi connectivity index (χ0v) is 19.2. The van der Waals surface area contributed by atoms with Crippen LogP contribution in [0.15, 0.2) is 34.4 Å². The number of nitrogens with one attached hydrogen (secondary N) is 2. The molecule has 1 aliphatic carbocycles. The lowest BCUT2D eigenvalue weighted by Gasteiger charge is -2.16. The summed E-state index contributed by atoms with van der Waals surface area (Å²) >= 11 is 1.70. The molecule has 1 aromatic heterocycles. The van der Waals surface area contributed by atoms with Crippen LogP contribution in [0.4, 0.5) is 0 Å². The predicted octanol–water partition coefficient (Wildman–Crippen LogP) is 3.81. The maximum atomic E-state index is 5.29. The Balaban J connectivity index is 1.53. The topological polar surface area (TPSA) is 76.4 Å². The van der Waals surface area contributed by atoms with Crippen molar-refractivity contribution in [2.24, 2.45) is 4.99 Å². The highest BCUT2D eigenvalue weighted by Crippen LogP contribution is 2.33. The Kier molecular flexibility index (Phi) is 8.86. The van der Waals surface area contributed by atoms with Crippen molar-refractivity contribution < 1.29 is 4.74 Å². The van der Waals surface area contributed by atoms with Gasteiger partial charge in [-0.2, -0.15) is 0 Å². The van der Waals surface area contributed by atoms with E-state index in [1.54, 1.807) is 18.9 Å². The van der Waals surface area contributed by atoms with Crippen LogP contribution in [-0.4, -0.2) is 47.2 Å². The molecule has 0 amide bonds. The molecule has 2 N–H and O–H groups in total. The predicted molar refractivity (Wildman–Crippen MR) is 123 cm³/mol. The summed E-state index contributed by atoms with van der Waals surface area (Å²) in [5.74, 6) is 2.81. The summed E-state index contributed by atoms with van der Waals surface area (Å²) in [6.45, 7) is 4.36. The molecule has 1 aliphatic rings. The average Bonchev–Trinajstić information content (AvgIpc) is 3.44. The Bertz CT molecular complexity index is 816.